The first-order valence-electron chi connectivity index (χ1n) is 6.82. The molecule has 2 heterocycles. The summed E-state index contributed by atoms with van der Waals surface area (Å²) in [4.78, 5) is 18.2. The molecular formula is C15H22N2O2. The van der Waals surface area contributed by atoms with Crippen LogP contribution in [-0.4, -0.2) is 40.6 Å². The Morgan fingerprint density at radius 1 is 1.42 bits per heavy atom. The van der Waals surface area contributed by atoms with E-state index in [9.17, 15) is 4.79 Å². The van der Waals surface area contributed by atoms with Crippen molar-refractivity contribution in [3.8, 4) is 0 Å². The van der Waals surface area contributed by atoms with Gasteiger partial charge in [-0.05, 0) is 52.3 Å². The lowest BCUT2D eigenvalue weighted by Gasteiger charge is -2.36. The quantitative estimate of drug-likeness (QED) is 0.785. The summed E-state index contributed by atoms with van der Waals surface area (Å²) in [5, 5.41) is 0. The van der Waals surface area contributed by atoms with E-state index in [1.54, 1.807) is 24.5 Å². The second kappa shape index (κ2) is 5.70. The maximum absolute atomic E-state index is 11.9. The van der Waals surface area contributed by atoms with E-state index in [0.29, 0.717) is 18.2 Å². The number of pyridine rings is 1. The maximum atomic E-state index is 11.9. The van der Waals surface area contributed by atoms with Crippen LogP contribution in [0.1, 0.15) is 44.0 Å². The number of nitrogens with zero attached hydrogens (tertiary/aromatic N) is 2. The van der Waals surface area contributed by atoms with E-state index in [1.165, 1.54) is 6.42 Å². The van der Waals surface area contributed by atoms with Crippen molar-refractivity contribution < 1.29 is 9.53 Å². The zero-order valence-corrected chi connectivity index (χ0v) is 11.9. The van der Waals surface area contributed by atoms with Gasteiger partial charge in [0, 0.05) is 24.0 Å². The van der Waals surface area contributed by atoms with Crippen molar-refractivity contribution in [3.05, 3.63) is 30.1 Å². The van der Waals surface area contributed by atoms with Crippen LogP contribution in [0.5, 0.6) is 0 Å². The zero-order valence-electron chi connectivity index (χ0n) is 11.9. The molecule has 4 heteroatoms. The second-order valence-corrected chi connectivity index (χ2v) is 5.99. The van der Waals surface area contributed by atoms with Gasteiger partial charge < -0.3 is 4.74 Å². The van der Waals surface area contributed by atoms with Crippen molar-refractivity contribution in [1.82, 2.24) is 9.88 Å². The molecule has 0 N–H and O–H groups in total. The molecule has 0 radical (unpaired) electrons. The fourth-order valence-electron chi connectivity index (χ4n) is 2.64. The highest BCUT2D eigenvalue weighted by Gasteiger charge is 2.33. The van der Waals surface area contributed by atoms with E-state index in [0.717, 1.165) is 13.0 Å². The Morgan fingerprint density at radius 2 is 2.11 bits per heavy atom. The van der Waals surface area contributed by atoms with Gasteiger partial charge in [0.1, 0.15) is 6.61 Å². The predicted octanol–water partition coefficient (Wildman–Crippen LogP) is 2.50. The molecule has 0 bridgehead atoms. The molecule has 0 amide bonds. The molecule has 1 aromatic heterocycles. The molecule has 0 spiro atoms. The van der Waals surface area contributed by atoms with Crippen molar-refractivity contribution >= 4 is 5.97 Å². The Morgan fingerprint density at radius 3 is 2.74 bits per heavy atom. The average molecular weight is 262 g/mol. The Hall–Kier alpha value is -1.42. The monoisotopic (exact) mass is 262 g/mol. The topological polar surface area (TPSA) is 42.4 Å². The summed E-state index contributed by atoms with van der Waals surface area (Å²) in [6.45, 7) is 8.17. The van der Waals surface area contributed by atoms with Crippen LogP contribution in [0.3, 0.4) is 0 Å². The fourth-order valence-corrected chi connectivity index (χ4v) is 2.64. The zero-order chi connectivity index (χ0) is 13.9. The molecule has 4 nitrogen and oxygen atoms in total. The van der Waals surface area contributed by atoms with E-state index in [-0.39, 0.29) is 11.5 Å². The predicted molar refractivity (Wildman–Crippen MR) is 74.0 cm³/mol. The fraction of sp³-hybridized carbons (Fsp3) is 0.600. The molecule has 104 valence electrons. The first-order chi connectivity index (χ1) is 8.98. The molecule has 19 heavy (non-hydrogen) atoms. The highest BCUT2D eigenvalue weighted by Crippen LogP contribution is 2.26. The lowest BCUT2D eigenvalue weighted by molar-refractivity contribution is 0.0277. The highest BCUT2D eigenvalue weighted by molar-refractivity contribution is 5.89. The van der Waals surface area contributed by atoms with Gasteiger partial charge in [-0.2, -0.15) is 0 Å². The summed E-state index contributed by atoms with van der Waals surface area (Å²) in [5.41, 5.74) is 0.694. The molecule has 1 aromatic rings. The third-order valence-electron chi connectivity index (χ3n) is 3.56. The number of aromatic nitrogens is 1. The highest BCUT2D eigenvalue weighted by atomic mass is 16.5. The lowest BCUT2D eigenvalue weighted by atomic mass is 10.1. The van der Waals surface area contributed by atoms with Crippen molar-refractivity contribution in [3.63, 3.8) is 0 Å². The summed E-state index contributed by atoms with van der Waals surface area (Å²) in [7, 11) is 0. The first kappa shape index (κ1) is 14.0. The van der Waals surface area contributed by atoms with Crippen LogP contribution < -0.4 is 0 Å². The molecule has 1 aliphatic rings. The molecule has 0 unspecified atom stereocenters. The summed E-state index contributed by atoms with van der Waals surface area (Å²) in [6.07, 6.45) is 5.48. The molecule has 0 aliphatic carbocycles. The minimum absolute atomic E-state index is 0.129. The van der Waals surface area contributed by atoms with Crippen LogP contribution >= 0.6 is 0 Å². The van der Waals surface area contributed by atoms with Gasteiger partial charge in [-0.25, -0.2) is 4.79 Å². The van der Waals surface area contributed by atoms with E-state index in [1.807, 2.05) is 0 Å². The molecule has 1 saturated heterocycles. The van der Waals surface area contributed by atoms with Crippen LogP contribution in [0.2, 0.25) is 0 Å². The van der Waals surface area contributed by atoms with Gasteiger partial charge >= 0.3 is 5.97 Å². The van der Waals surface area contributed by atoms with Crippen LogP contribution in [0.4, 0.5) is 0 Å². The summed E-state index contributed by atoms with van der Waals surface area (Å²) >= 11 is 0. The first-order valence-corrected chi connectivity index (χ1v) is 6.82. The van der Waals surface area contributed by atoms with Crippen molar-refractivity contribution in [2.75, 3.05) is 13.2 Å². The van der Waals surface area contributed by atoms with Crippen molar-refractivity contribution in [2.24, 2.45) is 0 Å². The Kier molecular flexibility index (Phi) is 4.20. The van der Waals surface area contributed by atoms with Gasteiger partial charge in [0.15, 0.2) is 0 Å². The number of carbonyl (C=O) groups excluding carboxylic acids is 1. The molecule has 1 atom stereocenters. The third-order valence-corrected chi connectivity index (χ3v) is 3.56. The minimum Gasteiger partial charge on any atom is -0.460 e. The normalized spacial score (nSPS) is 20.5. The van der Waals surface area contributed by atoms with Crippen LogP contribution in [0.15, 0.2) is 24.5 Å². The van der Waals surface area contributed by atoms with Gasteiger partial charge in [0.05, 0.1) is 5.56 Å². The summed E-state index contributed by atoms with van der Waals surface area (Å²) in [5.74, 6) is -0.261. The van der Waals surface area contributed by atoms with Crippen LogP contribution in [0.25, 0.3) is 0 Å². The maximum Gasteiger partial charge on any atom is 0.338 e. The van der Waals surface area contributed by atoms with Gasteiger partial charge in [0.25, 0.3) is 0 Å². The van der Waals surface area contributed by atoms with Gasteiger partial charge in [-0.3, -0.25) is 9.88 Å². The number of hydrogen-bond donors (Lipinski definition) is 0. The largest absolute Gasteiger partial charge is 0.460 e. The van der Waals surface area contributed by atoms with E-state index < -0.39 is 0 Å². The van der Waals surface area contributed by atoms with Gasteiger partial charge in [-0.1, -0.05) is 0 Å². The van der Waals surface area contributed by atoms with Gasteiger partial charge in [-0.15, -0.1) is 0 Å². The van der Waals surface area contributed by atoms with E-state index in [2.05, 4.69) is 30.7 Å². The number of likely N-dealkylation sites (tertiary alicyclic amines) is 1. The lowest BCUT2D eigenvalue weighted by Crippen LogP contribution is -2.46. The van der Waals surface area contributed by atoms with E-state index >= 15 is 0 Å². The molecule has 0 saturated carbocycles. The number of ether oxygens (including phenoxy) is 1. The number of carbonyl (C=O) groups is 1. The summed E-state index contributed by atoms with van der Waals surface area (Å²) < 4.78 is 5.43. The van der Waals surface area contributed by atoms with E-state index in [4.69, 9.17) is 4.74 Å². The third kappa shape index (κ3) is 3.53. The Balaban J connectivity index is 1.90. The molecule has 1 fully saturated rings. The molecule has 1 aliphatic heterocycles. The van der Waals surface area contributed by atoms with Gasteiger partial charge in [0.2, 0.25) is 0 Å². The number of rotatable bonds is 3. The standard InChI is InChI=1S/C15H22N2O2/c1-15(2,3)17-10-4-5-13(17)11-19-14(18)12-6-8-16-9-7-12/h6-9,13H,4-5,10-11H2,1-3H3/t13-/m0/s1. The number of esters is 1. The summed E-state index contributed by atoms with van der Waals surface area (Å²) in [6, 6.07) is 3.70. The Bertz CT molecular complexity index is 426. The SMILES string of the molecule is CC(C)(C)N1CCC[C@H]1COC(=O)c1ccncc1. The van der Waals surface area contributed by atoms with Crippen LogP contribution in [0, 0.1) is 0 Å². The van der Waals surface area contributed by atoms with Crippen molar-refractivity contribution in [2.45, 2.75) is 45.2 Å². The van der Waals surface area contributed by atoms with Crippen molar-refractivity contribution in [1.29, 1.82) is 0 Å². The minimum atomic E-state index is -0.261. The average Bonchev–Trinajstić information content (AvgIpc) is 2.85. The molecular weight excluding hydrogens is 240 g/mol. The van der Waals surface area contributed by atoms with Crippen LogP contribution in [-0.2, 0) is 4.74 Å². The molecule has 0 aromatic carbocycles. The smallest absolute Gasteiger partial charge is 0.338 e. The second-order valence-electron chi connectivity index (χ2n) is 5.99. The molecule has 2 rings (SSSR count). The number of hydrogen-bond acceptors (Lipinski definition) is 4. The Labute approximate surface area is 114 Å².